The van der Waals surface area contributed by atoms with E-state index in [1.807, 2.05) is 4.90 Å². The minimum atomic E-state index is -0.558. The number of hydrogen-bond acceptors (Lipinski definition) is 3. The summed E-state index contributed by atoms with van der Waals surface area (Å²) in [5.41, 5.74) is 5.53. The van der Waals surface area contributed by atoms with Gasteiger partial charge in [0, 0.05) is 13.1 Å². The molecule has 0 aliphatic carbocycles. The Morgan fingerprint density at radius 1 is 1.42 bits per heavy atom. The Kier molecular flexibility index (Phi) is 4.04. The van der Waals surface area contributed by atoms with Gasteiger partial charge >= 0.3 is 0 Å². The lowest BCUT2D eigenvalue weighted by atomic mass is 10.1. The number of nitrogens with two attached hydrogens (primary N) is 1. The number of carbonyl (C=O) groups excluding carboxylic acids is 2. The summed E-state index contributed by atoms with van der Waals surface area (Å²) in [6.45, 7) is 3.44. The molecular formula is C14H18N2O3. The summed E-state index contributed by atoms with van der Waals surface area (Å²) in [7, 11) is 0. The number of hydrogen-bond donors (Lipinski definition) is 1. The summed E-state index contributed by atoms with van der Waals surface area (Å²) < 4.78 is 5.28. The zero-order valence-corrected chi connectivity index (χ0v) is 11.0. The van der Waals surface area contributed by atoms with E-state index in [1.54, 1.807) is 24.3 Å². The van der Waals surface area contributed by atoms with Gasteiger partial charge in [-0.05, 0) is 24.5 Å². The highest BCUT2D eigenvalue weighted by Gasteiger charge is 2.26. The molecular weight excluding hydrogens is 244 g/mol. The number of benzene rings is 1. The first-order valence-electron chi connectivity index (χ1n) is 6.37. The predicted molar refractivity (Wildman–Crippen MR) is 70.8 cm³/mol. The first-order valence-corrected chi connectivity index (χ1v) is 6.37. The minimum absolute atomic E-state index is 0.0515. The van der Waals surface area contributed by atoms with Crippen LogP contribution >= 0.6 is 0 Å². The minimum Gasteiger partial charge on any atom is -0.483 e. The van der Waals surface area contributed by atoms with Crippen LogP contribution in [0.4, 0.5) is 0 Å². The molecule has 1 saturated heterocycles. The Bertz CT molecular complexity index is 487. The summed E-state index contributed by atoms with van der Waals surface area (Å²) >= 11 is 0. The Hall–Kier alpha value is -2.04. The van der Waals surface area contributed by atoms with E-state index >= 15 is 0 Å². The van der Waals surface area contributed by atoms with E-state index < -0.39 is 5.91 Å². The average molecular weight is 262 g/mol. The van der Waals surface area contributed by atoms with Crippen LogP contribution in [0.5, 0.6) is 5.75 Å². The lowest BCUT2D eigenvalue weighted by Crippen LogP contribution is -2.29. The van der Waals surface area contributed by atoms with Gasteiger partial charge in [-0.1, -0.05) is 19.1 Å². The number of amides is 2. The molecule has 1 aliphatic rings. The van der Waals surface area contributed by atoms with Crippen LogP contribution in [0.25, 0.3) is 0 Å². The molecule has 1 fully saturated rings. The number of rotatable bonds is 4. The van der Waals surface area contributed by atoms with Crippen molar-refractivity contribution in [3.63, 3.8) is 0 Å². The van der Waals surface area contributed by atoms with Gasteiger partial charge in [-0.2, -0.15) is 0 Å². The molecule has 0 aromatic heterocycles. The molecule has 1 aromatic carbocycles. The Balaban J connectivity index is 2.14. The van der Waals surface area contributed by atoms with Gasteiger partial charge in [0.2, 0.25) is 0 Å². The second-order valence-corrected chi connectivity index (χ2v) is 4.90. The molecule has 0 radical (unpaired) electrons. The number of carbonyl (C=O) groups is 2. The van der Waals surface area contributed by atoms with Crippen molar-refractivity contribution in [1.29, 1.82) is 0 Å². The third-order valence-electron chi connectivity index (χ3n) is 3.20. The molecule has 2 amide bonds. The lowest BCUT2D eigenvalue weighted by molar-refractivity contribution is -0.119. The van der Waals surface area contributed by atoms with E-state index in [9.17, 15) is 9.59 Å². The van der Waals surface area contributed by atoms with Crippen LogP contribution < -0.4 is 10.5 Å². The van der Waals surface area contributed by atoms with Crippen LogP contribution in [0.3, 0.4) is 0 Å². The molecule has 0 saturated carbocycles. The molecule has 1 aliphatic heterocycles. The van der Waals surface area contributed by atoms with Crippen LogP contribution in [-0.4, -0.2) is 36.4 Å². The zero-order chi connectivity index (χ0) is 13.8. The zero-order valence-electron chi connectivity index (χ0n) is 11.0. The summed E-state index contributed by atoms with van der Waals surface area (Å²) in [6, 6.07) is 6.93. The summed E-state index contributed by atoms with van der Waals surface area (Å²) in [4.78, 5) is 25.0. The van der Waals surface area contributed by atoms with Gasteiger partial charge in [-0.3, -0.25) is 9.59 Å². The quantitative estimate of drug-likeness (QED) is 0.881. The lowest BCUT2D eigenvalue weighted by Gasteiger charge is -2.18. The van der Waals surface area contributed by atoms with Gasteiger partial charge in [-0.25, -0.2) is 0 Å². The van der Waals surface area contributed by atoms with E-state index in [0.717, 1.165) is 19.5 Å². The number of para-hydroxylation sites is 1. The highest BCUT2D eigenvalue weighted by molar-refractivity contribution is 5.97. The maximum absolute atomic E-state index is 12.4. The predicted octanol–water partition coefficient (Wildman–Crippen LogP) is 1.03. The van der Waals surface area contributed by atoms with Crippen molar-refractivity contribution in [3.05, 3.63) is 29.8 Å². The van der Waals surface area contributed by atoms with Crippen molar-refractivity contribution in [1.82, 2.24) is 4.90 Å². The fourth-order valence-electron chi connectivity index (χ4n) is 2.21. The van der Waals surface area contributed by atoms with E-state index in [0.29, 0.717) is 17.2 Å². The third kappa shape index (κ3) is 3.24. The molecule has 2 N–H and O–H groups in total. The molecule has 0 spiro atoms. The summed E-state index contributed by atoms with van der Waals surface area (Å²) in [6.07, 6.45) is 1.02. The molecule has 5 heteroatoms. The van der Waals surface area contributed by atoms with Crippen molar-refractivity contribution in [2.45, 2.75) is 13.3 Å². The van der Waals surface area contributed by atoms with Crippen molar-refractivity contribution >= 4 is 11.8 Å². The normalized spacial score (nSPS) is 18.4. The van der Waals surface area contributed by atoms with E-state index in [1.165, 1.54) is 0 Å². The Morgan fingerprint density at radius 3 is 2.79 bits per heavy atom. The van der Waals surface area contributed by atoms with Gasteiger partial charge in [-0.15, -0.1) is 0 Å². The molecule has 102 valence electrons. The summed E-state index contributed by atoms with van der Waals surface area (Å²) in [5, 5.41) is 0. The maximum atomic E-state index is 12.4. The van der Waals surface area contributed by atoms with Gasteiger partial charge in [0.25, 0.3) is 11.8 Å². The van der Waals surface area contributed by atoms with Crippen molar-refractivity contribution in [2.75, 3.05) is 19.7 Å². The number of primary amides is 1. The highest BCUT2D eigenvalue weighted by Crippen LogP contribution is 2.23. The van der Waals surface area contributed by atoms with Crippen molar-refractivity contribution < 1.29 is 14.3 Å². The molecule has 1 heterocycles. The molecule has 2 rings (SSSR count). The van der Waals surface area contributed by atoms with Crippen LogP contribution in [0.15, 0.2) is 24.3 Å². The van der Waals surface area contributed by atoms with Crippen LogP contribution in [0, 0.1) is 5.92 Å². The smallest absolute Gasteiger partial charge is 0.257 e. The standard InChI is InChI=1S/C14H18N2O3/c1-10-6-7-16(8-10)14(18)11-4-2-3-5-12(11)19-9-13(15)17/h2-5,10H,6-9H2,1H3,(H2,15,17)/t10-/m0/s1. The molecule has 0 bridgehead atoms. The Morgan fingerprint density at radius 2 is 2.16 bits per heavy atom. The average Bonchev–Trinajstić information content (AvgIpc) is 2.82. The van der Waals surface area contributed by atoms with Gasteiger partial charge in [0.05, 0.1) is 5.56 Å². The molecule has 5 nitrogen and oxygen atoms in total. The van der Waals surface area contributed by atoms with Gasteiger partial charge in [0.1, 0.15) is 5.75 Å². The van der Waals surface area contributed by atoms with Crippen LogP contribution in [-0.2, 0) is 4.79 Å². The van der Waals surface area contributed by atoms with E-state index in [-0.39, 0.29) is 12.5 Å². The highest BCUT2D eigenvalue weighted by atomic mass is 16.5. The largest absolute Gasteiger partial charge is 0.483 e. The van der Waals surface area contributed by atoms with Crippen LogP contribution in [0.1, 0.15) is 23.7 Å². The second kappa shape index (κ2) is 5.73. The van der Waals surface area contributed by atoms with Crippen LogP contribution in [0.2, 0.25) is 0 Å². The first kappa shape index (κ1) is 13.4. The fraction of sp³-hybridized carbons (Fsp3) is 0.429. The molecule has 1 aromatic rings. The van der Waals surface area contributed by atoms with E-state index in [4.69, 9.17) is 10.5 Å². The Labute approximate surface area is 112 Å². The number of ether oxygens (including phenoxy) is 1. The van der Waals surface area contributed by atoms with Crippen molar-refractivity contribution in [2.24, 2.45) is 11.7 Å². The summed E-state index contributed by atoms with van der Waals surface area (Å²) in [5.74, 6) is 0.329. The number of likely N-dealkylation sites (tertiary alicyclic amines) is 1. The van der Waals surface area contributed by atoms with Gasteiger partial charge < -0.3 is 15.4 Å². The van der Waals surface area contributed by atoms with Gasteiger partial charge in [0.15, 0.2) is 6.61 Å². The maximum Gasteiger partial charge on any atom is 0.257 e. The number of nitrogens with zero attached hydrogens (tertiary/aromatic N) is 1. The second-order valence-electron chi connectivity index (χ2n) is 4.90. The van der Waals surface area contributed by atoms with E-state index in [2.05, 4.69) is 6.92 Å². The monoisotopic (exact) mass is 262 g/mol. The topological polar surface area (TPSA) is 72.6 Å². The SMILES string of the molecule is C[C@H]1CCN(C(=O)c2ccccc2OCC(N)=O)C1. The first-order chi connectivity index (χ1) is 9.08. The fourth-order valence-corrected chi connectivity index (χ4v) is 2.21. The molecule has 19 heavy (non-hydrogen) atoms. The van der Waals surface area contributed by atoms with Crippen molar-refractivity contribution in [3.8, 4) is 5.75 Å². The third-order valence-corrected chi connectivity index (χ3v) is 3.20. The molecule has 1 atom stereocenters. The molecule has 0 unspecified atom stereocenters.